The lowest BCUT2D eigenvalue weighted by Gasteiger charge is -2.45. The van der Waals surface area contributed by atoms with Gasteiger partial charge in [0.2, 0.25) is 0 Å². The van der Waals surface area contributed by atoms with Crippen molar-refractivity contribution < 1.29 is 0 Å². The number of para-hydroxylation sites is 2. The normalized spacial score (nSPS) is 15.9. The first-order valence-corrected chi connectivity index (χ1v) is 26.1. The van der Waals surface area contributed by atoms with Crippen LogP contribution in [0.3, 0.4) is 0 Å². The minimum Gasteiger partial charge on any atom is -0.311 e. The van der Waals surface area contributed by atoms with E-state index in [-0.39, 0.29) is 33.8 Å². The average Bonchev–Trinajstić information content (AvgIpc) is 3.69. The molecule has 0 amide bonds. The molecule has 0 spiro atoms. The van der Waals surface area contributed by atoms with Gasteiger partial charge in [-0.1, -0.05) is 163 Å². The number of anilines is 9. The van der Waals surface area contributed by atoms with E-state index in [0.717, 1.165) is 29.2 Å². The third kappa shape index (κ3) is 7.53. The number of fused-ring (bicyclic) bond motifs is 7. The molecule has 0 unspecified atom stereocenters. The number of rotatable bonds is 5. The maximum atomic E-state index is 2.70. The standard InChI is InChI=1S/C64H68BN3S/c1-60(2,3)41-24-28-46(29-25-41)67-53-32-26-43(62(7,8)9)37-52(53)65-57-54(67)39-48(66(44-20-16-14-17-21-44)45-22-18-15-19-23-45)40-55(57)68(47-30-31-50-51(38-47)64(12,13)35-34-63(50,10)11)58-49-36-42(61(4,5)6)27-33-56(49)69-59(58)65/h14-33,36-40H,34-35H2,1-13H3. The lowest BCUT2D eigenvalue weighted by molar-refractivity contribution is 0.332. The monoisotopic (exact) mass is 922 g/mol. The van der Waals surface area contributed by atoms with Crippen LogP contribution in [0.4, 0.5) is 51.2 Å². The van der Waals surface area contributed by atoms with Crippen molar-refractivity contribution in [1.29, 1.82) is 0 Å². The van der Waals surface area contributed by atoms with Gasteiger partial charge in [-0.25, -0.2) is 0 Å². The summed E-state index contributed by atoms with van der Waals surface area (Å²) < 4.78 is 2.74. The zero-order valence-electron chi connectivity index (χ0n) is 43.2. The lowest BCUT2D eigenvalue weighted by Crippen LogP contribution is -2.60. The van der Waals surface area contributed by atoms with Gasteiger partial charge in [0.15, 0.2) is 0 Å². The van der Waals surface area contributed by atoms with Crippen LogP contribution in [0.1, 0.15) is 131 Å². The van der Waals surface area contributed by atoms with Crippen molar-refractivity contribution in [3.63, 3.8) is 0 Å². The third-order valence-electron chi connectivity index (χ3n) is 15.7. The SMILES string of the molecule is CC(C)(C)c1ccc(N2c3ccc(C(C)(C)C)cc3B3c4sc5ccc(C(C)(C)C)cc5c4N(c4ccc5c(c4)C(C)(C)CCC5(C)C)c4cc(N(c5ccccc5)c5ccccc5)cc2c43)cc1. The van der Waals surface area contributed by atoms with Crippen LogP contribution in [0.2, 0.25) is 0 Å². The fourth-order valence-corrected chi connectivity index (χ4v) is 12.8. The van der Waals surface area contributed by atoms with Crippen molar-refractivity contribution in [2.45, 2.75) is 130 Å². The van der Waals surface area contributed by atoms with Crippen molar-refractivity contribution in [2.24, 2.45) is 0 Å². The average molecular weight is 922 g/mol. The lowest BCUT2D eigenvalue weighted by atomic mass is 9.36. The third-order valence-corrected chi connectivity index (χ3v) is 17.0. The molecule has 0 saturated carbocycles. The van der Waals surface area contributed by atoms with Crippen LogP contribution in [0.25, 0.3) is 10.1 Å². The van der Waals surface area contributed by atoms with Gasteiger partial charge in [0.25, 0.3) is 6.71 Å². The van der Waals surface area contributed by atoms with Crippen LogP contribution in [0.15, 0.2) is 152 Å². The molecule has 0 N–H and O–H groups in total. The summed E-state index contributed by atoms with van der Waals surface area (Å²) in [5, 5.41) is 1.33. The molecule has 3 aliphatic rings. The Hall–Kier alpha value is -6.04. The molecular weight excluding hydrogens is 854 g/mol. The Bertz CT molecular complexity index is 3250. The molecule has 348 valence electrons. The molecule has 1 aliphatic carbocycles. The van der Waals surface area contributed by atoms with E-state index in [1.54, 1.807) is 0 Å². The maximum Gasteiger partial charge on any atom is 0.264 e. The Kier molecular flexibility index (Phi) is 10.4. The zero-order valence-corrected chi connectivity index (χ0v) is 44.0. The highest BCUT2D eigenvalue weighted by atomic mass is 32.1. The van der Waals surface area contributed by atoms with Crippen LogP contribution in [-0.4, -0.2) is 6.71 Å². The highest BCUT2D eigenvalue weighted by molar-refractivity contribution is 7.33. The van der Waals surface area contributed by atoms with Crippen molar-refractivity contribution in [3.8, 4) is 0 Å². The summed E-state index contributed by atoms with van der Waals surface area (Å²) >= 11 is 2.00. The second kappa shape index (κ2) is 15.7. The summed E-state index contributed by atoms with van der Waals surface area (Å²) in [6.45, 7) is 30.9. The topological polar surface area (TPSA) is 9.72 Å². The van der Waals surface area contributed by atoms with Gasteiger partial charge in [-0.15, -0.1) is 11.3 Å². The molecular formula is C64H68BN3S. The molecule has 0 bridgehead atoms. The summed E-state index contributed by atoms with van der Waals surface area (Å²) in [5.74, 6) is 0. The number of thiophene rings is 1. The molecule has 3 heterocycles. The molecule has 2 aliphatic heterocycles. The minimum absolute atomic E-state index is 0.00286. The molecule has 11 rings (SSSR count). The van der Waals surface area contributed by atoms with Crippen LogP contribution in [0.5, 0.6) is 0 Å². The summed E-state index contributed by atoms with van der Waals surface area (Å²) in [5.41, 5.74) is 20.6. The van der Waals surface area contributed by atoms with Gasteiger partial charge in [0.1, 0.15) is 0 Å². The van der Waals surface area contributed by atoms with Crippen LogP contribution < -0.4 is 30.4 Å². The van der Waals surface area contributed by atoms with Crippen LogP contribution in [0, 0.1) is 0 Å². The predicted molar refractivity (Wildman–Crippen MR) is 302 cm³/mol. The number of hydrogen-bond acceptors (Lipinski definition) is 4. The van der Waals surface area contributed by atoms with Gasteiger partial charge in [-0.3, -0.25) is 0 Å². The Morgan fingerprint density at radius 1 is 0.478 bits per heavy atom. The minimum atomic E-state index is -0.0396. The highest BCUT2D eigenvalue weighted by Gasteiger charge is 2.47. The van der Waals surface area contributed by atoms with Crippen molar-refractivity contribution >= 4 is 95.0 Å². The fraction of sp³-hybridized carbons (Fsp3) is 0.312. The molecule has 5 heteroatoms. The smallest absolute Gasteiger partial charge is 0.264 e. The van der Waals surface area contributed by atoms with Gasteiger partial charge in [-0.05, 0) is 158 Å². The van der Waals surface area contributed by atoms with E-state index in [4.69, 9.17) is 0 Å². The molecule has 7 aromatic carbocycles. The second-order valence-corrected chi connectivity index (χ2v) is 25.7. The molecule has 8 aromatic rings. The van der Waals surface area contributed by atoms with E-state index < -0.39 is 0 Å². The molecule has 0 atom stereocenters. The van der Waals surface area contributed by atoms with E-state index in [9.17, 15) is 0 Å². The molecule has 0 radical (unpaired) electrons. The number of hydrogen-bond donors (Lipinski definition) is 0. The van der Waals surface area contributed by atoms with Gasteiger partial charge < -0.3 is 14.7 Å². The quantitative estimate of drug-likeness (QED) is 0.159. The van der Waals surface area contributed by atoms with Gasteiger partial charge in [-0.2, -0.15) is 0 Å². The van der Waals surface area contributed by atoms with Crippen LogP contribution >= 0.6 is 11.3 Å². The maximum absolute atomic E-state index is 2.70. The fourth-order valence-electron chi connectivity index (χ4n) is 11.5. The summed E-state index contributed by atoms with van der Waals surface area (Å²) in [6, 6.07) is 58.5. The number of nitrogens with zero attached hydrogens (tertiary/aromatic N) is 3. The molecule has 69 heavy (non-hydrogen) atoms. The molecule has 3 nitrogen and oxygen atoms in total. The van der Waals surface area contributed by atoms with Crippen molar-refractivity contribution in [3.05, 3.63) is 179 Å². The summed E-state index contributed by atoms with van der Waals surface area (Å²) in [6.07, 6.45) is 2.34. The highest BCUT2D eigenvalue weighted by Crippen LogP contribution is 2.53. The van der Waals surface area contributed by atoms with E-state index in [0.29, 0.717) is 0 Å². The van der Waals surface area contributed by atoms with Crippen molar-refractivity contribution in [1.82, 2.24) is 0 Å². The first-order valence-electron chi connectivity index (χ1n) is 25.3. The van der Waals surface area contributed by atoms with Crippen molar-refractivity contribution in [2.75, 3.05) is 14.7 Å². The zero-order chi connectivity index (χ0) is 48.6. The van der Waals surface area contributed by atoms with Gasteiger partial charge in [0, 0.05) is 54.7 Å². The largest absolute Gasteiger partial charge is 0.311 e. The molecule has 0 fully saturated rings. The molecule has 1 aromatic heterocycles. The first kappa shape index (κ1) is 45.4. The Morgan fingerprint density at radius 3 is 1.59 bits per heavy atom. The van der Waals surface area contributed by atoms with E-state index in [2.05, 4.69) is 256 Å². The summed E-state index contributed by atoms with van der Waals surface area (Å²) in [4.78, 5) is 7.75. The Morgan fingerprint density at radius 2 is 1.00 bits per heavy atom. The second-order valence-electron chi connectivity index (χ2n) is 24.6. The van der Waals surface area contributed by atoms with E-state index >= 15 is 0 Å². The predicted octanol–water partition coefficient (Wildman–Crippen LogP) is 16.7. The number of benzene rings is 7. The Balaban J connectivity index is 1.30. The first-order chi connectivity index (χ1) is 32.6. The summed E-state index contributed by atoms with van der Waals surface area (Å²) in [7, 11) is 0. The Labute approximate surface area is 416 Å². The van der Waals surface area contributed by atoms with Gasteiger partial charge in [0.05, 0.1) is 11.4 Å². The van der Waals surface area contributed by atoms with E-state index in [1.807, 2.05) is 11.3 Å². The van der Waals surface area contributed by atoms with E-state index in [1.165, 1.54) is 88.5 Å². The molecule has 0 saturated heterocycles. The van der Waals surface area contributed by atoms with Gasteiger partial charge >= 0.3 is 0 Å². The van der Waals surface area contributed by atoms with Crippen LogP contribution in [-0.2, 0) is 27.1 Å².